The fourth-order valence-corrected chi connectivity index (χ4v) is 3.20. The maximum absolute atomic E-state index is 12.2. The second-order valence-corrected chi connectivity index (χ2v) is 6.17. The quantitative estimate of drug-likeness (QED) is 0.474. The summed E-state index contributed by atoms with van der Waals surface area (Å²) in [6.07, 6.45) is -3.44. The molecular formula is C17H18N4O6. The molecule has 0 saturated carbocycles. The van der Waals surface area contributed by atoms with Crippen LogP contribution in [0.2, 0.25) is 0 Å². The normalized spacial score (nSPS) is 25.2. The number of nitrogens with one attached hydrogen (secondary N) is 1. The Morgan fingerprint density at radius 1 is 1.26 bits per heavy atom. The Morgan fingerprint density at radius 3 is 2.63 bits per heavy atom. The molecule has 3 aromatic rings. The minimum absolute atomic E-state index is 0.0704. The number of aromatic amines is 1. The van der Waals surface area contributed by atoms with Crippen molar-refractivity contribution in [1.82, 2.24) is 19.5 Å². The lowest BCUT2D eigenvalue weighted by molar-refractivity contribution is -0.0503. The predicted molar refractivity (Wildman–Crippen MR) is 93.1 cm³/mol. The molecule has 4 unspecified atom stereocenters. The van der Waals surface area contributed by atoms with Gasteiger partial charge < -0.3 is 29.8 Å². The summed E-state index contributed by atoms with van der Waals surface area (Å²) < 4.78 is 12.2. The van der Waals surface area contributed by atoms with Gasteiger partial charge in [0.05, 0.1) is 20.0 Å². The van der Waals surface area contributed by atoms with Crippen LogP contribution < -0.4 is 10.3 Å². The molecule has 3 heterocycles. The van der Waals surface area contributed by atoms with E-state index < -0.39 is 36.7 Å². The molecule has 4 N–H and O–H groups in total. The van der Waals surface area contributed by atoms with Crippen LogP contribution in [0.1, 0.15) is 6.23 Å². The van der Waals surface area contributed by atoms with E-state index in [-0.39, 0.29) is 11.2 Å². The van der Waals surface area contributed by atoms with Crippen LogP contribution >= 0.6 is 0 Å². The number of fused-ring (bicyclic) bond motifs is 1. The highest BCUT2D eigenvalue weighted by molar-refractivity contribution is 5.76. The molecule has 142 valence electrons. The van der Waals surface area contributed by atoms with Gasteiger partial charge in [-0.05, 0) is 24.3 Å². The van der Waals surface area contributed by atoms with Gasteiger partial charge in [-0.25, -0.2) is 9.97 Å². The fourth-order valence-electron chi connectivity index (χ4n) is 3.20. The summed E-state index contributed by atoms with van der Waals surface area (Å²) >= 11 is 0. The second kappa shape index (κ2) is 6.74. The first-order valence-electron chi connectivity index (χ1n) is 8.27. The lowest BCUT2D eigenvalue weighted by Crippen LogP contribution is -2.33. The van der Waals surface area contributed by atoms with Crippen LogP contribution in [0.4, 0.5) is 0 Å². The maximum Gasteiger partial charge on any atom is 0.278 e. The summed E-state index contributed by atoms with van der Waals surface area (Å²) in [6.45, 7) is -0.465. The summed E-state index contributed by atoms with van der Waals surface area (Å²) in [7, 11) is 1.55. The number of rotatable bonds is 4. The third kappa shape index (κ3) is 2.79. The molecular weight excluding hydrogens is 356 g/mol. The maximum atomic E-state index is 12.2. The van der Waals surface area contributed by atoms with Crippen LogP contribution in [-0.2, 0) is 4.74 Å². The molecule has 27 heavy (non-hydrogen) atoms. The molecule has 4 atom stereocenters. The lowest BCUT2D eigenvalue weighted by atomic mass is 10.1. The van der Waals surface area contributed by atoms with Gasteiger partial charge in [-0.3, -0.25) is 9.36 Å². The first kappa shape index (κ1) is 17.6. The number of hydrogen-bond donors (Lipinski definition) is 4. The minimum atomic E-state index is -1.34. The van der Waals surface area contributed by atoms with Crippen molar-refractivity contribution in [2.24, 2.45) is 0 Å². The van der Waals surface area contributed by atoms with Crippen LogP contribution in [0.25, 0.3) is 22.6 Å². The smallest absolute Gasteiger partial charge is 0.278 e. The van der Waals surface area contributed by atoms with Crippen molar-refractivity contribution in [3.63, 3.8) is 0 Å². The van der Waals surface area contributed by atoms with Crippen molar-refractivity contribution in [2.45, 2.75) is 24.5 Å². The standard InChI is InChI=1S/C17H18N4O6/c1-26-9-4-2-8(3-5-9)14-20-11-15(18-7-19-16(11)25)21(14)17-13(24)12(23)10(6-22)27-17/h2-5,7,10,12-13,17,22-24H,6H2,1H3,(H,18,19,25). The Balaban J connectivity index is 1.92. The third-order valence-electron chi connectivity index (χ3n) is 4.60. The third-order valence-corrected chi connectivity index (χ3v) is 4.60. The molecule has 1 saturated heterocycles. The van der Waals surface area contributed by atoms with Crippen LogP contribution in [0.5, 0.6) is 5.75 Å². The van der Waals surface area contributed by atoms with Gasteiger partial charge in [0.25, 0.3) is 5.56 Å². The van der Waals surface area contributed by atoms with E-state index in [9.17, 15) is 20.1 Å². The largest absolute Gasteiger partial charge is 0.497 e. The number of aliphatic hydroxyl groups excluding tert-OH is 3. The summed E-state index contributed by atoms with van der Waals surface area (Å²) in [4.78, 5) is 23.2. The molecule has 10 heteroatoms. The lowest BCUT2D eigenvalue weighted by Gasteiger charge is -2.19. The second-order valence-electron chi connectivity index (χ2n) is 6.17. The molecule has 1 aliphatic rings. The highest BCUT2D eigenvalue weighted by atomic mass is 16.6. The van der Waals surface area contributed by atoms with Gasteiger partial charge in [0.1, 0.15) is 29.9 Å². The van der Waals surface area contributed by atoms with Gasteiger partial charge in [0, 0.05) is 5.56 Å². The van der Waals surface area contributed by atoms with Gasteiger partial charge in [-0.2, -0.15) is 0 Å². The average molecular weight is 374 g/mol. The van der Waals surface area contributed by atoms with E-state index in [4.69, 9.17) is 9.47 Å². The molecule has 0 bridgehead atoms. The molecule has 0 aliphatic carbocycles. The number of benzene rings is 1. The van der Waals surface area contributed by atoms with Crippen LogP contribution in [0.15, 0.2) is 35.4 Å². The van der Waals surface area contributed by atoms with E-state index >= 15 is 0 Å². The number of ether oxygens (including phenoxy) is 2. The summed E-state index contributed by atoms with van der Waals surface area (Å²) in [5.41, 5.74) is 0.451. The van der Waals surface area contributed by atoms with E-state index in [0.29, 0.717) is 17.1 Å². The SMILES string of the molecule is COc1ccc(-c2nc3c(=O)[nH]cnc3n2C2OC(CO)C(O)C2O)cc1. The van der Waals surface area contributed by atoms with E-state index in [1.807, 2.05) is 0 Å². The molecule has 1 fully saturated rings. The number of imidazole rings is 1. The number of aliphatic hydroxyl groups is 3. The van der Waals surface area contributed by atoms with E-state index in [1.165, 1.54) is 10.9 Å². The topological polar surface area (TPSA) is 143 Å². The summed E-state index contributed by atoms with van der Waals surface area (Å²) in [5, 5.41) is 29.9. The predicted octanol–water partition coefficient (Wildman–Crippen LogP) is -0.593. The van der Waals surface area contributed by atoms with Gasteiger partial charge >= 0.3 is 0 Å². The van der Waals surface area contributed by atoms with E-state index in [0.717, 1.165) is 0 Å². The van der Waals surface area contributed by atoms with Crippen molar-refractivity contribution in [3.8, 4) is 17.1 Å². The number of aromatic nitrogens is 4. The average Bonchev–Trinajstić information content (AvgIpc) is 3.21. The van der Waals surface area contributed by atoms with Crippen LogP contribution in [0, 0.1) is 0 Å². The van der Waals surface area contributed by atoms with Crippen molar-refractivity contribution in [3.05, 3.63) is 40.9 Å². The molecule has 0 spiro atoms. The van der Waals surface area contributed by atoms with Gasteiger partial charge in [0.15, 0.2) is 17.4 Å². The summed E-state index contributed by atoms with van der Waals surface area (Å²) in [5.74, 6) is 0.969. The van der Waals surface area contributed by atoms with Gasteiger partial charge in [0.2, 0.25) is 0 Å². The monoisotopic (exact) mass is 374 g/mol. The first-order valence-corrected chi connectivity index (χ1v) is 8.27. The van der Waals surface area contributed by atoms with Crippen molar-refractivity contribution in [2.75, 3.05) is 13.7 Å². The Morgan fingerprint density at radius 2 is 2.00 bits per heavy atom. The zero-order chi connectivity index (χ0) is 19.1. The molecule has 4 rings (SSSR count). The first-order chi connectivity index (χ1) is 13.0. The highest BCUT2D eigenvalue weighted by Crippen LogP contribution is 2.35. The molecule has 0 radical (unpaired) electrons. The van der Waals surface area contributed by atoms with Crippen LogP contribution in [-0.4, -0.2) is 66.9 Å². The molecule has 1 aliphatic heterocycles. The van der Waals surface area contributed by atoms with E-state index in [1.54, 1.807) is 31.4 Å². The number of nitrogens with zero attached hydrogens (tertiary/aromatic N) is 3. The number of H-pyrrole nitrogens is 1. The highest BCUT2D eigenvalue weighted by Gasteiger charge is 2.45. The zero-order valence-electron chi connectivity index (χ0n) is 14.3. The molecule has 10 nitrogen and oxygen atoms in total. The van der Waals surface area contributed by atoms with Crippen molar-refractivity contribution in [1.29, 1.82) is 0 Å². The molecule has 0 amide bonds. The summed E-state index contributed by atoms with van der Waals surface area (Å²) in [6, 6.07) is 6.94. The van der Waals surface area contributed by atoms with Crippen molar-refractivity contribution < 1.29 is 24.8 Å². The minimum Gasteiger partial charge on any atom is -0.497 e. The van der Waals surface area contributed by atoms with Gasteiger partial charge in [-0.1, -0.05) is 0 Å². The van der Waals surface area contributed by atoms with Crippen molar-refractivity contribution >= 4 is 11.2 Å². The number of methoxy groups -OCH3 is 1. The number of hydrogen-bond acceptors (Lipinski definition) is 8. The Kier molecular flexibility index (Phi) is 4.40. The molecule has 2 aromatic heterocycles. The Hall–Kier alpha value is -2.79. The van der Waals surface area contributed by atoms with E-state index in [2.05, 4.69) is 15.0 Å². The Bertz CT molecular complexity index is 1010. The van der Waals surface area contributed by atoms with Crippen LogP contribution in [0.3, 0.4) is 0 Å². The fraction of sp³-hybridized carbons (Fsp3) is 0.353. The molecule has 1 aromatic carbocycles. The van der Waals surface area contributed by atoms with Gasteiger partial charge in [-0.15, -0.1) is 0 Å². The Labute approximate surface area is 152 Å². The zero-order valence-corrected chi connectivity index (χ0v) is 14.3.